The van der Waals surface area contributed by atoms with E-state index in [0.717, 1.165) is 5.56 Å². The first kappa shape index (κ1) is 10.5. The number of rotatable bonds is 1. The van der Waals surface area contributed by atoms with Crippen LogP contribution in [0.1, 0.15) is 31.9 Å². The molecule has 0 saturated heterocycles. The van der Waals surface area contributed by atoms with Crippen LogP contribution >= 0.6 is 11.6 Å². The minimum absolute atomic E-state index is 0.00825. The lowest BCUT2D eigenvalue weighted by Crippen LogP contribution is -2.11. The van der Waals surface area contributed by atoms with E-state index in [9.17, 15) is 4.39 Å². The van der Waals surface area contributed by atoms with Crippen LogP contribution in [0.25, 0.3) is 0 Å². The number of halogens is 2. The SMILES string of the molecule is CC(C)(C)c1ccc(CCl)c(F)c1. The third kappa shape index (κ3) is 2.44. The molecule has 0 amide bonds. The topological polar surface area (TPSA) is 0 Å². The van der Waals surface area contributed by atoms with Gasteiger partial charge in [0.1, 0.15) is 5.82 Å². The molecule has 1 rings (SSSR count). The van der Waals surface area contributed by atoms with Crippen molar-refractivity contribution in [2.45, 2.75) is 32.1 Å². The zero-order valence-electron chi connectivity index (χ0n) is 8.20. The Morgan fingerprint density at radius 2 is 1.92 bits per heavy atom. The molecule has 0 fully saturated rings. The number of hydrogen-bond donors (Lipinski definition) is 0. The van der Waals surface area contributed by atoms with E-state index in [2.05, 4.69) is 20.8 Å². The first-order chi connectivity index (χ1) is 5.95. The molecule has 0 atom stereocenters. The summed E-state index contributed by atoms with van der Waals surface area (Å²) in [5, 5.41) is 0. The highest BCUT2D eigenvalue weighted by molar-refractivity contribution is 6.17. The van der Waals surface area contributed by atoms with Crippen LogP contribution in [0.15, 0.2) is 18.2 Å². The van der Waals surface area contributed by atoms with Gasteiger partial charge in [-0.05, 0) is 17.0 Å². The second-order valence-electron chi connectivity index (χ2n) is 4.19. The molecule has 0 saturated carbocycles. The van der Waals surface area contributed by atoms with Crippen molar-refractivity contribution in [3.63, 3.8) is 0 Å². The summed E-state index contributed by atoms with van der Waals surface area (Å²) in [6.45, 7) is 6.17. The minimum Gasteiger partial charge on any atom is -0.207 e. The molecule has 2 heteroatoms. The maximum Gasteiger partial charge on any atom is 0.127 e. The van der Waals surface area contributed by atoms with E-state index in [0.29, 0.717) is 5.56 Å². The van der Waals surface area contributed by atoms with E-state index in [4.69, 9.17) is 11.6 Å². The van der Waals surface area contributed by atoms with Crippen LogP contribution in [0.4, 0.5) is 4.39 Å². The molecule has 0 aliphatic heterocycles. The van der Waals surface area contributed by atoms with Gasteiger partial charge in [0.25, 0.3) is 0 Å². The summed E-state index contributed by atoms with van der Waals surface area (Å²) in [6, 6.07) is 5.25. The van der Waals surface area contributed by atoms with Gasteiger partial charge >= 0.3 is 0 Å². The second-order valence-corrected chi connectivity index (χ2v) is 4.46. The first-order valence-electron chi connectivity index (χ1n) is 4.30. The number of alkyl halides is 1. The van der Waals surface area contributed by atoms with E-state index < -0.39 is 0 Å². The molecule has 13 heavy (non-hydrogen) atoms. The number of benzene rings is 1. The Hall–Kier alpha value is -0.560. The molecule has 0 bridgehead atoms. The van der Waals surface area contributed by atoms with Gasteiger partial charge in [-0.3, -0.25) is 0 Å². The van der Waals surface area contributed by atoms with Gasteiger partial charge in [0.2, 0.25) is 0 Å². The third-order valence-electron chi connectivity index (χ3n) is 2.06. The number of hydrogen-bond acceptors (Lipinski definition) is 0. The highest BCUT2D eigenvalue weighted by Gasteiger charge is 2.14. The van der Waals surface area contributed by atoms with Gasteiger partial charge in [0.05, 0.1) is 5.88 Å². The van der Waals surface area contributed by atoms with Crippen molar-refractivity contribution < 1.29 is 4.39 Å². The summed E-state index contributed by atoms with van der Waals surface area (Å²) in [4.78, 5) is 0. The summed E-state index contributed by atoms with van der Waals surface area (Å²) in [7, 11) is 0. The molecule has 0 aromatic heterocycles. The molecule has 0 aliphatic rings. The summed E-state index contributed by atoms with van der Waals surface area (Å²) >= 11 is 5.56. The molecule has 0 aliphatic carbocycles. The summed E-state index contributed by atoms with van der Waals surface area (Å²) in [5.74, 6) is 0.0263. The Balaban J connectivity index is 3.10. The van der Waals surface area contributed by atoms with Crippen molar-refractivity contribution in [3.05, 3.63) is 35.1 Å². The van der Waals surface area contributed by atoms with E-state index in [-0.39, 0.29) is 17.1 Å². The normalized spacial score (nSPS) is 11.8. The summed E-state index contributed by atoms with van der Waals surface area (Å²) < 4.78 is 13.3. The van der Waals surface area contributed by atoms with Crippen LogP contribution in [0, 0.1) is 5.82 Å². The predicted octanol–water partition coefficient (Wildman–Crippen LogP) is 3.86. The van der Waals surface area contributed by atoms with E-state index in [1.54, 1.807) is 12.1 Å². The zero-order chi connectivity index (χ0) is 10.1. The highest BCUT2D eigenvalue weighted by Crippen LogP contribution is 2.24. The van der Waals surface area contributed by atoms with Crippen molar-refractivity contribution in [2.24, 2.45) is 0 Å². The maximum absolute atomic E-state index is 13.3. The lowest BCUT2D eigenvalue weighted by Gasteiger charge is -2.19. The van der Waals surface area contributed by atoms with Crippen molar-refractivity contribution in [1.82, 2.24) is 0 Å². The average Bonchev–Trinajstić information content (AvgIpc) is 2.02. The monoisotopic (exact) mass is 200 g/mol. The van der Waals surface area contributed by atoms with Crippen molar-refractivity contribution in [3.8, 4) is 0 Å². The molecule has 1 aromatic carbocycles. The molecule has 0 radical (unpaired) electrons. The Labute approximate surface area is 83.7 Å². The molecule has 72 valence electrons. The molecule has 0 nitrogen and oxygen atoms in total. The fourth-order valence-corrected chi connectivity index (χ4v) is 1.34. The first-order valence-corrected chi connectivity index (χ1v) is 4.83. The minimum atomic E-state index is -0.206. The second kappa shape index (κ2) is 3.67. The molecule has 0 spiro atoms. The van der Waals surface area contributed by atoms with Gasteiger partial charge in [-0.1, -0.05) is 32.9 Å². The maximum atomic E-state index is 13.3. The van der Waals surface area contributed by atoms with Crippen LogP contribution in [-0.4, -0.2) is 0 Å². The van der Waals surface area contributed by atoms with Crippen molar-refractivity contribution in [1.29, 1.82) is 0 Å². The van der Waals surface area contributed by atoms with Crippen LogP contribution in [0.3, 0.4) is 0 Å². The van der Waals surface area contributed by atoms with Gasteiger partial charge in [0.15, 0.2) is 0 Å². The van der Waals surface area contributed by atoms with Crippen LogP contribution < -0.4 is 0 Å². The van der Waals surface area contributed by atoms with Crippen LogP contribution in [0.5, 0.6) is 0 Å². The van der Waals surface area contributed by atoms with Crippen LogP contribution in [0.2, 0.25) is 0 Å². The largest absolute Gasteiger partial charge is 0.207 e. The lowest BCUT2D eigenvalue weighted by molar-refractivity contribution is 0.568. The lowest BCUT2D eigenvalue weighted by atomic mass is 9.86. The Morgan fingerprint density at radius 1 is 1.31 bits per heavy atom. The predicted molar refractivity (Wildman–Crippen MR) is 54.7 cm³/mol. The highest BCUT2D eigenvalue weighted by atomic mass is 35.5. The van der Waals surface area contributed by atoms with Gasteiger partial charge in [-0.2, -0.15) is 0 Å². The van der Waals surface area contributed by atoms with Crippen LogP contribution in [-0.2, 0) is 11.3 Å². The molecule has 0 heterocycles. The van der Waals surface area contributed by atoms with E-state index in [1.165, 1.54) is 0 Å². The Kier molecular flexibility index (Phi) is 2.97. The summed E-state index contributed by atoms with van der Waals surface area (Å²) in [5.41, 5.74) is 1.56. The standard InChI is InChI=1S/C11H14ClF/c1-11(2,3)9-5-4-8(7-12)10(13)6-9/h4-6H,7H2,1-3H3. The average molecular weight is 201 g/mol. The van der Waals surface area contributed by atoms with Gasteiger partial charge in [0, 0.05) is 5.56 Å². The Bertz CT molecular complexity index is 299. The smallest absolute Gasteiger partial charge is 0.127 e. The fraction of sp³-hybridized carbons (Fsp3) is 0.455. The molecule has 0 unspecified atom stereocenters. The fourth-order valence-electron chi connectivity index (χ4n) is 1.12. The van der Waals surface area contributed by atoms with Gasteiger partial charge in [-0.15, -0.1) is 11.6 Å². The summed E-state index contributed by atoms with van der Waals surface area (Å²) in [6.07, 6.45) is 0. The molecular weight excluding hydrogens is 187 g/mol. The molecule has 0 N–H and O–H groups in total. The molecular formula is C11H14ClF. The molecule has 1 aromatic rings. The van der Waals surface area contributed by atoms with Gasteiger partial charge < -0.3 is 0 Å². The van der Waals surface area contributed by atoms with Crippen molar-refractivity contribution in [2.75, 3.05) is 0 Å². The van der Waals surface area contributed by atoms with E-state index >= 15 is 0 Å². The quantitative estimate of drug-likeness (QED) is 0.604. The van der Waals surface area contributed by atoms with Crippen molar-refractivity contribution >= 4 is 11.6 Å². The zero-order valence-corrected chi connectivity index (χ0v) is 8.95. The Morgan fingerprint density at radius 3 is 2.31 bits per heavy atom. The van der Waals surface area contributed by atoms with E-state index in [1.807, 2.05) is 6.07 Å². The van der Waals surface area contributed by atoms with Gasteiger partial charge in [-0.25, -0.2) is 4.39 Å². The third-order valence-corrected chi connectivity index (χ3v) is 2.35.